The summed E-state index contributed by atoms with van der Waals surface area (Å²) in [5.41, 5.74) is 3.61. The third-order valence-corrected chi connectivity index (χ3v) is 4.24. The van der Waals surface area contributed by atoms with Crippen LogP contribution in [0.25, 0.3) is 0 Å². The van der Waals surface area contributed by atoms with Gasteiger partial charge in [-0.3, -0.25) is 4.79 Å². The van der Waals surface area contributed by atoms with Crippen LogP contribution >= 0.6 is 11.8 Å². The molecule has 1 aromatic rings. The number of ketones is 1. The van der Waals surface area contributed by atoms with Gasteiger partial charge in [0.05, 0.1) is 6.04 Å². The third kappa shape index (κ3) is 3.33. The summed E-state index contributed by atoms with van der Waals surface area (Å²) < 4.78 is 0. The van der Waals surface area contributed by atoms with Crippen molar-refractivity contribution in [3.63, 3.8) is 0 Å². The first-order valence-corrected chi connectivity index (χ1v) is 7.22. The molecule has 0 aromatic heterocycles. The number of Topliss-reactive ketones (excluding diaryl/α,β-unsaturated/α-hetero) is 1. The molecule has 0 radical (unpaired) electrons. The van der Waals surface area contributed by atoms with Crippen LogP contribution < -0.4 is 5.32 Å². The standard InChI is InChI=1S/C14H19NOS/c1-10-3-4-11(2)12(7-10)8-14(16)13-9-17-6-5-15-13/h3-4,7,13,15H,5-6,8-9H2,1-2H3. The summed E-state index contributed by atoms with van der Waals surface area (Å²) in [6.45, 7) is 5.10. The lowest BCUT2D eigenvalue weighted by Crippen LogP contribution is -2.44. The van der Waals surface area contributed by atoms with Crippen molar-refractivity contribution in [3.05, 3.63) is 34.9 Å². The minimum Gasteiger partial charge on any atom is -0.306 e. The van der Waals surface area contributed by atoms with Gasteiger partial charge in [-0.05, 0) is 25.0 Å². The van der Waals surface area contributed by atoms with Crippen molar-refractivity contribution in [2.45, 2.75) is 26.3 Å². The summed E-state index contributed by atoms with van der Waals surface area (Å²) in [7, 11) is 0. The van der Waals surface area contributed by atoms with E-state index in [4.69, 9.17) is 0 Å². The molecule has 1 aromatic carbocycles. The van der Waals surface area contributed by atoms with Gasteiger partial charge in [0.1, 0.15) is 0 Å². The Bertz CT molecular complexity index is 411. The first-order chi connectivity index (χ1) is 8.16. The molecule has 0 bridgehead atoms. The van der Waals surface area contributed by atoms with Gasteiger partial charge in [-0.1, -0.05) is 23.8 Å². The van der Waals surface area contributed by atoms with Crippen molar-refractivity contribution in [1.29, 1.82) is 0 Å². The fourth-order valence-electron chi connectivity index (χ4n) is 2.07. The van der Waals surface area contributed by atoms with Crippen molar-refractivity contribution < 1.29 is 4.79 Å². The largest absolute Gasteiger partial charge is 0.306 e. The summed E-state index contributed by atoms with van der Waals surface area (Å²) in [6.07, 6.45) is 0.561. The van der Waals surface area contributed by atoms with Crippen molar-refractivity contribution in [2.75, 3.05) is 18.1 Å². The van der Waals surface area contributed by atoms with Crippen molar-refractivity contribution in [1.82, 2.24) is 5.32 Å². The molecule has 1 N–H and O–H groups in total. The molecule has 1 aliphatic rings. The highest BCUT2D eigenvalue weighted by Gasteiger charge is 2.21. The van der Waals surface area contributed by atoms with E-state index in [0.29, 0.717) is 12.2 Å². The van der Waals surface area contributed by atoms with Gasteiger partial charge in [0.15, 0.2) is 5.78 Å². The Hall–Kier alpha value is -0.800. The molecule has 1 saturated heterocycles. The minimum absolute atomic E-state index is 0.0497. The highest BCUT2D eigenvalue weighted by molar-refractivity contribution is 7.99. The number of thioether (sulfide) groups is 1. The Kier molecular flexibility index (Phi) is 4.24. The van der Waals surface area contributed by atoms with Crippen LogP contribution in [0.3, 0.4) is 0 Å². The fourth-order valence-corrected chi connectivity index (χ4v) is 3.04. The van der Waals surface area contributed by atoms with Gasteiger partial charge in [0, 0.05) is 24.5 Å². The highest BCUT2D eigenvalue weighted by atomic mass is 32.2. The molecular weight excluding hydrogens is 230 g/mol. The molecule has 1 fully saturated rings. The van der Waals surface area contributed by atoms with Gasteiger partial charge < -0.3 is 5.32 Å². The zero-order valence-electron chi connectivity index (χ0n) is 10.5. The molecule has 1 heterocycles. The number of aryl methyl sites for hydroxylation is 2. The van der Waals surface area contributed by atoms with Crippen LogP contribution in [0.1, 0.15) is 16.7 Å². The summed E-state index contributed by atoms with van der Waals surface area (Å²) in [4.78, 5) is 12.2. The zero-order valence-corrected chi connectivity index (χ0v) is 11.3. The molecular formula is C14H19NOS. The number of benzene rings is 1. The van der Waals surface area contributed by atoms with E-state index in [1.807, 2.05) is 11.8 Å². The second-order valence-electron chi connectivity index (χ2n) is 4.65. The first kappa shape index (κ1) is 12.7. The van der Waals surface area contributed by atoms with Crippen LogP contribution in [0.5, 0.6) is 0 Å². The lowest BCUT2D eigenvalue weighted by Gasteiger charge is -2.22. The van der Waals surface area contributed by atoms with E-state index in [1.165, 1.54) is 16.7 Å². The first-order valence-electron chi connectivity index (χ1n) is 6.07. The molecule has 3 heteroatoms. The van der Waals surface area contributed by atoms with Crippen molar-refractivity contribution in [3.8, 4) is 0 Å². The molecule has 1 aliphatic heterocycles. The molecule has 17 heavy (non-hydrogen) atoms. The Balaban J connectivity index is 2.04. The molecule has 2 nitrogen and oxygen atoms in total. The lowest BCUT2D eigenvalue weighted by molar-refractivity contribution is -0.119. The molecule has 0 aliphatic carbocycles. The van der Waals surface area contributed by atoms with Crippen LogP contribution in [0, 0.1) is 13.8 Å². The number of carbonyl (C=O) groups excluding carboxylic acids is 1. The average Bonchev–Trinajstić information content (AvgIpc) is 2.35. The highest BCUT2D eigenvalue weighted by Crippen LogP contribution is 2.15. The lowest BCUT2D eigenvalue weighted by atomic mass is 9.98. The maximum absolute atomic E-state index is 12.2. The zero-order chi connectivity index (χ0) is 12.3. The Labute approximate surface area is 107 Å². The molecule has 0 saturated carbocycles. The smallest absolute Gasteiger partial charge is 0.154 e. The van der Waals surface area contributed by atoms with Crippen LogP contribution in [-0.2, 0) is 11.2 Å². The molecule has 2 rings (SSSR count). The third-order valence-electron chi connectivity index (χ3n) is 3.18. The SMILES string of the molecule is Cc1ccc(C)c(CC(=O)C2CSCCN2)c1. The van der Waals surface area contributed by atoms with E-state index in [2.05, 4.69) is 37.4 Å². The number of hydrogen-bond acceptors (Lipinski definition) is 3. The summed E-state index contributed by atoms with van der Waals surface area (Å²) in [5.74, 6) is 2.36. The van der Waals surface area contributed by atoms with E-state index < -0.39 is 0 Å². The minimum atomic E-state index is 0.0497. The number of carbonyl (C=O) groups is 1. The number of hydrogen-bond donors (Lipinski definition) is 1. The summed E-state index contributed by atoms with van der Waals surface area (Å²) in [5, 5.41) is 3.30. The number of nitrogens with one attached hydrogen (secondary N) is 1. The van der Waals surface area contributed by atoms with Gasteiger partial charge in [0.2, 0.25) is 0 Å². The van der Waals surface area contributed by atoms with Gasteiger partial charge in [0.25, 0.3) is 0 Å². The van der Waals surface area contributed by atoms with Gasteiger partial charge in [-0.25, -0.2) is 0 Å². The van der Waals surface area contributed by atoms with E-state index >= 15 is 0 Å². The van der Waals surface area contributed by atoms with E-state index in [-0.39, 0.29) is 6.04 Å². The molecule has 0 spiro atoms. The predicted molar refractivity (Wildman–Crippen MR) is 73.7 cm³/mol. The quantitative estimate of drug-likeness (QED) is 0.889. The molecule has 1 unspecified atom stereocenters. The Morgan fingerprint density at radius 3 is 3.00 bits per heavy atom. The van der Waals surface area contributed by atoms with E-state index in [1.54, 1.807) is 0 Å². The average molecular weight is 249 g/mol. The van der Waals surface area contributed by atoms with Gasteiger partial charge in [-0.15, -0.1) is 0 Å². The molecule has 1 atom stereocenters. The molecule has 0 amide bonds. The maximum atomic E-state index is 12.2. The maximum Gasteiger partial charge on any atom is 0.154 e. The van der Waals surface area contributed by atoms with Crippen molar-refractivity contribution in [2.24, 2.45) is 0 Å². The van der Waals surface area contributed by atoms with Crippen LogP contribution in [-0.4, -0.2) is 29.9 Å². The van der Waals surface area contributed by atoms with Crippen LogP contribution in [0.4, 0.5) is 0 Å². The summed E-state index contributed by atoms with van der Waals surface area (Å²) in [6, 6.07) is 6.37. The normalized spacial score (nSPS) is 20.2. The predicted octanol–water partition coefficient (Wildman–Crippen LogP) is 2.12. The topological polar surface area (TPSA) is 29.1 Å². The Morgan fingerprint density at radius 1 is 1.47 bits per heavy atom. The fraction of sp³-hybridized carbons (Fsp3) is 0.500. The van der Waals surface area contributed by atoms with Crippen LogP contribution in [0.2, 0.25) is 0 Å². The van der Waals surface area contributed by atoms with Crippen LogP contribution in [0.15, 0.2) is 18.2 Å². The van der Waals surface area contributed by atoms with E-state index in [9.17, 15) is 4.79 Å². The second-order valence-corrected chi connectivity index (χ2v) is 5.80. The molecule has 92 valence electrons. The van der Waals surface area contributed by atoms with Gasteiger partial charge in [-0.2, -0.15) is 11.8 Å². The monoisotopic (exact) mass is 249 g/mol. The van der Waals surface area contributed by atoms with Gasteiger partial charge >= 0.3 is 0 Å². The second kappa shape index (κ2) is 5.69. The Morgan fingerprint density at radius 2 is 2.29 bits per heavy atom. The van der Waals surface area contributed by atoms with Crippen molar-refractivity contribution >= 4 is 17.5 Å². The van der Waals surface area contributed by atoms with E-state index in [0.717, 1.165) is 18.1 Å². The number of rotatable bonds is 3. The summed E-state index contributed by atoms with van der Waals surface area (Å²) >= 11 is 1.87.